The third-order valence-electron chi connectivity index (χ3n) is 8.60. The number of amides is 4. The average molecular weight is 666 g/mol. The van der Waals surface area contributed by atoms with Crippen LogP contribution in [0, 0.1) is 0 Å². The molecule has 3 aliphatic rings. The van der Waals surface area contributed by atoms with Crippen LogP contribution in [0.3, 0.4) is 0 Å². The number of nitrogens with one attached hydrogen (secondary N) is 3. The van der Waals surface area contributed by atoms with E-state index in [2.05, 4.69) is 21.1 Å². The number of Topliss-reactive ketones (excluding diaryl/α,β-unsaturated/α-hetero) is 1. The first-order valence-corrected chi connectivity index (χ1v) is 16.2. The molecule has 1 aliphatic carbocycles. The molecule has 3 N–H and O–H groups in total. The summed E-state index contributed by atoms with van der Waals surface area (Å²) in [5, 5.41) is 13.1. The summed E-state index contributed by atoms with van der Waals surface area (Å²) in [4.78, 5) is 73.7. The van der Waals surface area contributed by atoms with E-state index in [9.17, 15) is 24.0 Å². The van der Waals surface area contributed by atoms with E-state index in [4.69, 9.17) is 21.2 Å². The minimum Gasteiger partial charge on any atom is -0.497 e. The number of oxime groups is 1. The molecule has 4 atom stereocenters. The molecule has 1 spiro atoms. The van der Waals surface area contributed by atoms with Crippen LogP contribution >= 0.6 is 11.6 Å². The Morgan fingerprint density at radius 3 is 2.47 bits per heavy atom. The highest BCUT2D eigenvalue weighted by Gasteiger charge is 2.55. The number of ether oxygens (including phenoxy) is 1. The number of methoxy groups -OCH3 is 1. The van der Waals surface area contributed by atoms with Gasteiger partial charge >= 0.3 is 0 Å². The third kappa shape index (κ3) is 8.29. The zero-order valence-corrected chi connectivity index (χ0v) is 27.5. The fourth-order valence-electron chi connectivity index (χ4n) is 6.06. The van der Waals surface area contributed by atoms with E-state index in [1.54, 1.807) is 49.6 Å². The molecule has 0 unspecified atom stereocenters. The summed E-state index contributed by atoms with van der Waals surface area (Å²) < 4.78 is 5.24. The van der Waals surface area contributed by atoms with Crippen LogP contribution in [0.2, 0.25) is 5.02 Å². The Bertz CT molecular complexity index is 1560. The minimum absolute atomic E-state index is 0.00470. The van der Waals surface area contributed by atoms with Gasteiger partial charge in [0.05, 0.1) is 25.4 Å². The Kier molecular flexibility index (Phi) is 10.5. The number of rotatable bonds is 13. The van der Waals surface area contributed by atoms with Crippen molar-refractivity contribution in [2.45, 2.75) is 88.6 Å². The van der Waals surface area contributed by atoms with Crippen LogP contribution in [0.4, 0.5) is 0 Å². The second-order valence-electron chi connectivity index (χ2n) is 12.5. The molecule has 2 aliphatic heterocycles. The van der Waals surface area contributed by atoms with Crippen LogP contribution < -0.4 is 20.7 Å². The first kappa shape index (κ1) is 33.9. The molecular weight excluding hydrogens is 626 g/mol. The van der Waals surface area contributed by atoms with Crippen molar-refractivity contribution in [1.29, 1.82) is 0 Å². The van der Waals surface area contributed by atoms with Crippen molar-refractivity contribution < 1.29 is 33.5 Å². The van der Waals surface area contributed by atoms with Crippen molar-refractivity contribution in [3.8, 4) is 5.75 Å². The van der Waals surface area contributed by atoms with Gasteiger partial charge in [0.25, 0.3) is 5.91 Å². The zero-order valence-electron chi connectivity index (χ0n) is 26.7. The Labute approximate surface area is 278 Å². The van der Waals surface area contributed by atoms with E-state index >= 15 is 0 Å². The maximum atomic E-state index is 14.3. The van der Waals surface area contributed by atoms with E-state index in [1.165, 1.54) is 11.8 Å². The number of carbonyl (C=O) groups is 5. The highest BCUT2D eigenvalue weighted by molar-refractivity contribution is 6.38. The number of halogens is 1. The molecular formula is C34H40ClN5O7. The first-order chi connectivity index (χ1) is 22.5. The standard InChI is InChI=1S/C34H40ClN5O7/c1-4-6-26(30(42)32(44)37-24-11-12-24)38-31(43)29-18-34(17-28(39-47-34)22-7-5-8-23(35)16-22)19-40(29)33(45)27(36-20(2)41)15-21-9-13-25(46-3)14-10-21/h5,7-10,13-14,16,24,26-27,29H,4,6,11-12,15,17-19H2,1-3H3,(H,36,41)(H,37,44)(H,38,43)/t26-,27-,29-,34+/m0/s1. The number of ketones is 1. The molecule has 2 heterocycles. The van der Waals surface area contributed by atoms with Gasteiger partial charge in [-0.05, 0) is 49.1 Å². The number of benzene rings is 2. The van der Waals surface area contributed by atoms with Crippen molar-refractivity contribution in [2.75, 3.05) is 13.7 Å². The fraction of sp³-hybridized carbons (Fsp3) is 0.471. The molecule has 0 bridgehead atoms. The summed E-state index contributed by atoms with van der Waals surface area (Å²) >= 11 is 6.22. The molecule has 0 radical (unpaired) electrons. The molecule has 5 rings (SSSR count). The monoisotopic (exact) mass is 665 g/mol. The molecule has 13 heteroatoms. The second kappa shape index (κ2) is 14.5. The summed E-state index contributed by atoms with van der Waals surface area (Å²) in [5.41, 5.74) is 1.11. The molecule has 47 heavy (non-hydrogen) atoms. The Morgan fingerprint density at radius 2 is 1.83 bits per heavy atom. The average Bonchev–Trinajstić information content (AvgIpc) is 3.64. The lowest BCUT2D eigenvalue weighted by atomic mass is 9.91. The molecule has 2 aromatic rings. The summed E-state index contributed by atoms with van der Waals surface area (Å²) in [6.07, 6.45) is 2.95. The highest BCUT2D eigenvalue weighted by atomic mass is 35.5. The van der Waals surface area contributed by atoms with Gasteiger partial charge in [0.15, 0.2) is 5.60 Å². The minimum atomic E-state index is -1.07. The van der Waals surface area contributed by atoms with Crippen LogP contribution in [0.25, 0.3) is 0 Å². The quantitative estimate of drug-likeness (QED) is 0.278. The van der Waals surface area contributed by atoms with Crippen molar-refractivity contribution in [3.05, 3.63) is 64.7 Å². The van der Waals surface area contributed by atoms with Crippen molar-refractivity contribution in [2.24, 2.45) is 5.16 Å². The van der Waals surface area contributed by atoms with Crippen LogP contribution in [-0.2, 0) is 35.2 Å². The summed E-state index contributed by atoms with van der Waals surface area (Å²) in [5.74, 6) is -2.30. The number of carbonyl (C=O) groups excluding carboxylic acids is 5. The van der Waals surface area contributed by atoms with Crippen LogP contribution in [0.1, 0.15) is 63.5 Å². The Hall–Kier alpha value is -4.45. The van der Waals surface area contributed by atoms with Gasteiger partial charge in [0.1, 0.15) is 17.8 Å². The van der Waals surface area contributed by atoms with Crippen molar-refractivity contribution in [3.63, 3.8) is 0 Å². The first-order valence-electron chi connectivity index (χ1n) is 15.9. The number of likely N-dealkylation sites (tertiary alicyclic amines) is 1. The second-order valence-corrected chi connectivity index (χ2v) is 12.9. The lowest BCUT2D eigenvalue weighted by molar-refractivity contribution is -0.143. The third-order valence-corrected chi connectivity index (χ3v) is 8.84. The van der Waals surface area contributed by atoms with Crippen molar-refractivity contribution >= 4 is 46.7 Å². The lowest BCUT2D eigenvalue weighted by Gasteiger charge is -2.29. The summed E-state index contributed by atoms with van der Waals surface area (Å²) in [6.45, 7) is 3.18. The smallest absolute Gasteiger partial charge is 0.289 e. The number of hydrogen-bond acceptors (Lipinski definition) is 8. The Balaban J connectivity index is 1.41. The summed E-state index contributed by atoms with van der Waals surface area (Å²) in [7, 11) is 1.55. The van der Waals surface area contributed by atoms with E-state index in [-0.39, 0.29) is 31.8 Å². The van der Waals surface area contributed by atoms with Crippen LogP contribution in [-0.4, -0.2) is 83.4 Å². The van der Waals surface area contributed by atoms with Gasteiger partial charge < -0.3 is 30.4 Å². The molecule has 0 aromatic heterocycles. The van der Waals surface area contributed by atoms with Gasteiger partial charge in [-0.3, -0.25) is 24.0 Å². The maximum absolute atomic E-state index is 14.3. The van der Waals surface area contributed by atoms with Crippen LogP contribution in [0.5, 0.6) is 5.75 Å². The largest absolute Gasteiger partial charge is 0.497 e. The van der Waals surface area contributed by atoms with Crippen molar-refractivity contribution in [1.82, 2.24) is 20.9 Å². The maximum Gasteiger partial charge on any atom is 0.289 e. The SMILES string of the molecule is CCC[C@H](NC(=O)[C@@H]1C[C@]2(CC(c3cccc(Cl)c3)=NO2)CN1C(=O)[C@H](Cc1ccc(OC)cc1)NC(C)=O)C(=O)C(=O)NC1CC1. The van der Waals surface area contributed by atoms with Gasteiger partial charge in [0.2, 0.25) is 23.5 Å². The van der Waals surface area contributed by atoms with E-state index in [0.29, 0.717) is 29.3 Å². The molecule has 250 valence electrons. The van der Waals surface area contributed by atoms with E-state index in [0.717, 1.165) is 24.0 Å². The lowest BCUT2D eigenvalue weighted by Crippen LogP contribution is -2.56. The Morgan fingerprint density at radius 1 is 1.09 bits per heavy atom. The van der Waals surface area contributed by atoms with Gasteiger partial charge in [-0.1, -0.05) is 54.4 Å². The van der Waals surface area contributed by atoms with Gasteiger partial charge in [-0.25, -0.2) is 0 Å². The molecule has 2 fully saturated rings. The summed E-state index contributed by atoms with van der Waals surface area (Å²) in [6, 6.07) is 11.1. The highest BCUT2D eigenvalue weighted by Crippen LogP contribution is 2.39. The number of nitrogens with zero attached hydrogens (tertiary/aromatic N) is 2. The molecule has 12 nitrogen and oxygen atoms in total. The molecule has 1 saturated heterocycles. The normalized spacial score (nSPS) is 21.3. The van der Waals surface area contributed by atoms with Crippen LogP contribution in [0.15, 0.2) is 53.7 Å². The molecule has 1 saturated carbocycles. The molecule has 4 amide bonds. The zero-order chi connectivity index (χ0) is 33.7. The fourth-order valence-corrected chi connectivity index (χ4v) is 6.25. The van der Waals surface area contributed by atoms with E-state index < -0.39 is 53.1 Å². The van der Waals surface area contributed by atoms with Gasteiger partial charge in [-0.15, -0.1) is 0 Å². The number of hydrogen-bond donors (Lipinski definition) is 3. The predicted octanol–water partition coefficient (Wildman–Crippen LogP) is 2.69. The molecule has 2 aromatic carbocycles. The van der Waals surface area contributed by atoms with Gasteiger partial charge in [-0.2, -0.15) is 0 Å². The topological polar surface area (TPSA) is 156 Å². The predicted molar refractivity (Wildman–Crippen MR) is 174 cm³/mol. The van der Waals surface area contributed by atoms with E-state index in [1.807, 2.05) is 13.0 Å². The van der Waals surface area contributed by atoms with Gasteiger partial charge in [0, 0.05) is 42.8 Å².